The fourth-order valence-electron chi connectivity index (χ4n) is 1.55. The van der Waals surface area contributed by atoms with Crippen LogP contribution in [-0.4, -0.2) is 41.4 Å². The van der Waals surface area contributed by atoms with Crippen LogP contribution in [0.3, 0.4) is 0 Å². The van der Waals surface area contributed by atoms with E-state index in [2.05, 4.69) is 5.32 Å². The van der Waals surface area contributed by atoms with Gasteiger partial charge < -0.3 is 20.9 Å². The predicted octanol–water partition coefficient (Wildman–Crippen LogP) is -0.620. The van der Waals surface area contributed by atoms with E-state index in [0.29, 0.717) is 19.5 Å². The molecule has 0 unspecified atom stereocenters. The molecule has 1 fully saturated rings. The summed E-state index contributed by atoms with van der Waals surface area (Å²) in [7, 11) is 0. The van der Waals surface area contributed by atoms with Crippen molar-refractivity contribution >= 4 is 5.97 Å². The van der Waals surface area contributed by atoms with Crippen molar-refractivity contribution in [3.8, 4) is 0 Å². The fraction of sp³-hybridized carbons (Fsp3) is 0.900. The quantitative estimate of drug-likeness (QED) is 0.536. The number of carbonyl (C=O) groups is 1. The average molecular weight is 216 g/mol. The number of rotatable bonds is 2. The van der Waals surface area contributed by atoms with Crippen molar-refractivity contribution in [2.24, 2.45) is 5.73 Å². The zero-order valence-electron chi connectivity index (χ0n) is 9.54. The van der Waals surface area contributed by atoms with E-state index in [9.17, 15) is 9.90 Å². The van der Waals surface area contributed by atoms with Gasteiger partial charge in [-0.05, 0) is 33.7 Å². The Kier molecular flexibility index (Phi) is 3.38. The van der Waals surface area contributed by atoms with Crippen molar-refractivity contribution in [2.75, 3.05) is 13.1 Å². The summed E-state index contributed by atoms with van der Waals surface area (Å²) < 4.78 is 5.13. The van der Waals surface area contributed by atoms with E-state index in [-0.39, 0.29) is 0 Å². The number of nitrogens with two attached hydrogens (primary N) is 1. The maximum atomic E-state index is 11.6. The molecular weight excluding hydrogens is 196 g/mol. The Balaban J connectivity index is 2.60. The van der Waals surface area contributed by atoms with Crippen molar-refractivity contribution in [1.82, 2.24) is 5.32 Å². The summed E-state index contributed by atoms with van der Waals surface area (Å²) in [6.45, 7) is 6.33. The second-order valence-corrected chi connectivity index (χ2v) is 5.04. The Morgan fingerprint density at radius 1 is 1.60 bits per heavy atom. The van der Waals surface area contributed by atoms with Gasteiger partial charge in [0.15, 0.2) is 0 Å². The smallest absolute Gasteiger partial charge is 0.326 e. The van der Waals surface area contributed by atoms with Crippen LogP contribution in [0.15, 0.2) is 0 Å². The van der Waals surface area contributed by atoms with Crippen molar-refractivity contribution in [3.63, 3.8) is 0 Å². The highest BCUT2D eigenvalue weighted by Gasteiger charge is 2.43. The molecule has 0 aromatic carbocycles. The van der Waals surface area contributed by atoms with Crippen molar-refractivity contribution in [1.29, 1.82) is 0 Å². The molecule has 0 aliphatic carbocycles. The molecule has 1 rings (SSSR count). The Hall–Kier alpha value is -0.650. The third-order valence-electron chi connectivity index (χ3n) is 2.41. The lowest BCUT2D eigenvalue weighted by Crippen LogP contribution is -2.55. The maximum Gasteiger partial charge on any atom is 0.326 e. The highest BCUT2D eigenvalue weighted by molar-refractivity contribution is 5.77. The van der Waals surface area contributed by atoms with Gasteiger partial charge in [-0.3, -0.25) is 4.79 Å². The van der Waals surface area contributed by atoms with Crippen LogP contribution in [0.2, 0.25) is 0 Å². The van der Waals surface area contributed by atoms with E-state index in [1.165, 1.54) is 0 Å². The third kappa shape index (κ3) is 3.15. The van der Waals surface area contributed by atoms with Gasteiger partial charge in [-0.2, -0.15) is 0 Å². The zero-order valence-corrected chi connectivity index (χ0v) is 9.54. The van der Waals surface area contributed by atoms with Crippen LogP contribution in [0.25, 0.3) is 0 Å². The van der Waals surface area contributed by atoms with Gasteiger partial charge in [0.1, 0.15) is 17.2 Å². The van der Waals surface area contributed by atoms with E-state index in [0.717, 1.165) is 0 Å². The first-order chi connectivity index (χ1) is 6.75. The standard InChI is InChI=1S/C10H20N2O3/c1-9(2,3)15-8(13)7(11)10(14)4-5-12-6-10/h7,12,14H,4-6,11H2,1-3H3/t7-,10+/m1/s1. The van der Waals surface area contributed by atoms with Crippen LogP contribution in [0.1, 0.15) is 27.2 Å². The number of hydrogen-bond acceptors (Lipinski definition) is 5. The Morgan fingerprint density at radius 2 is 2.20 bits per heavy atom. The first-order valence-corrected chi connectivity index (χ1v) is 5.16. The lowest BCUT2D eigenvalue weighted by atomic mass is 9.94. The maximum absolute atomic E-state index is 11.6. The van der Waals surface area contributed by atoms with Crippen molar-refractivity contribution in [2.45, 2.75) is 44.4 Å². The molecule has 1 aliphatic heterocycles. The van der Waals surface area contributed by atoms with Crippen LogP contribution in [0.4, 0.5) is 0 Å². The second-order valence-electron chi connectivity index (χ2n) is 5.04. The molecule has 0 amide bonds. The summed E-state index contributed by atoms with van der Waals surface area (Å²) in [4.78, 5) is 11.6. The van der Waals surface area contributed by atoms with Gasteiger partial charge in [0.25, 0.3) is 0 Å². The van der Waals surface area contributed by atoms with E-state index in [1.807, 2.05) is 0 Å². The zero-order chi connectivity index (χ0) is 11.7. The van der Waals surface area contributed by atoms with Crippen molar-refractivity contribution < 1.29 is 14.6 Å². The van der Waals surface area contributed by atoms with Gasteiger partial charge in [-0.25, -0.2) is 0 Å². The average Bonchev–Trinajstić information content (AvgIpc) is 2.49. The van der Waals surface area contributed by atoms with Crippen LogP contribution in [-0.2, 0) is 9.53 Å². The topological polar surface area (TPSA) is 84.6 Å². The Morgan fingerprint density at radius 3 is 2.60 bits per heavy atom. The summed E-state index contributed by atoms with van der Waals surface area (Å²) in [6.07, 6.45) is 0.480. The summed E-state index contributed by atoms with van der Waals surface area (Å²) >= 11 is 0. The summed E-state index contributed by atoms with van der Waals surface area (Å²) in [5.41, 5.74) is 3.96. The van der Waals surface area contributed by atoms with E-state index in [1.54, 1.807) is 20.8 Å². The van der Waals surface area contributed by atoms with Gasteiger partial charge in [-0.15, -0.1) is 0 Å². The first-order valence-electron chi connectivity index (χ1n) is 5.16. The number of esters is 1. The van der Waals surface area contributed by atoms with Crippen LogP contribution < -0.4 is 11.1 Å². The van der Waals surface area contributed by atoms with E-state index in [4.69, 9.17) is 10.5 Å². The largest absolute Gasteiger partial charge is 0.459 e. The van der Waals surface area contributed by atoms with Gasteiger partial charge in [0.2, 0.25) is 0 Å². The third-order valence-corrected chi connectivity index (χ3v) is 2.41. The minimum absolute atomic E-state index is 0.341. The van der Waals surface area contributed by atoms with Gasteiger partial charge in [0, 0.05) is 6.54 Å². The molecule has 1 heterocycles. The molecule has 88 valence electrons. The number of nitrogens with one attached hydrogen (secondary N) is 1. The molecule has 0 spiro atoms. The van der Waals surface area contributed by atoms with Crippen molar-refractivity contribution in [3.05, 3.63) is 0 Å². The highest BCUT2D eigenvalue weighted by Crippen LogP contribution is 2.20. The number of hydrogen-bond donors (Lipinski definition) is 3. The lowest BCUT2D eigenvalue weighted by molar-refractivity contribution is -0.162. The molecule has 0 radical (unpaired) electrons. The van der Waals surface area contributed by atoms with Gasteiger partial charge in [0.05, 0.1) is 0 Å². The highest BCUT2D eigenvalue weighted by atomic mass is 16.6. The Bertz CT molecular complexity index is 242. The first kappa shape index (κ1) is 12.4. The van der Waals surface area contributed by atoms with Gasteiger partial charge >= 0.3 is 5.97 Å². The van der Waals surface area contributed by atoms with Crippen LogP contribution in [0.5, 0.6) is 0 Å². The van der Waals surface area contributed by atoms with E-state index < -0.39 is 23.2 Å². The van der Waals surface area contributed by atoms with E-state index >= 15 is 0 Å². The molecule has 1 saturated heterocycles. The van der Waals surface area contributed by atoms with Crippen LogP contribution >= 0.6 is 0 Å². The lowest BCUT2D eigenvalue weighted by Gasteiger charge is -2.30. The van der Waals surface area contributed by atoms with Crippen LogP contribution in [0, 0.1) is 0 Å². The molecule has 0 bridgehead atoms. The summed E-state index contributed by atoms with van der Waals surface area (Å²) in [5.74, 6) is -0.547. The normalized spacial score (nSPS) is 28.9. The summed E-state index contributed by atoms with van der Waals surface area (Å²) in [5, 5.41) is 13.0. The monoisotopic (exact) mass is 216 g/mol. The molecule has 15 heavy (non-hydrogen) atoms. The molecular formula is C10H20N2O3. The molecule has 5 heteroatoms. The Labute approximate surface area is 90.0 Å². The minimum Gasteiger partial charge on any atom is -0.459 e. The molecule has 0 aromatic rings. The molecule has 1 aliphatic rings. The molecule has 4 N–H and O–H groups in total. The number of ether oxygens (including phenoxy) is 1. The van der Waals surface area contributed by atoms with Gasteiger partial charge in [-0.1, -0.05) is 0 Å². The second kappa shape index (κ2) is 4.08. The fourth-order valence-corrected chi connectivity index (χ4v) is 1.55. The minimum atomic E-state index is -1.16. The SMILES string of the molecule is CC(C)(C)OC(=O)[C@@H](N)[C@]1(O)CCNC1. The number of aliphatic hydroxyl groups is 1. The number of carbonyl (C=O) groups excluding carboxylic acids is 1. The number of β-amino-alcohol motifs (C(OH)–C–C–N with tert-alkyl or cyclic N) is 1. The summed E-state index contributed by atoms with van der Waals surface area (Å²) in [6, 6.07) is -0.980. The predicted molar refractivity (Wildman–Crippen MR) is 56.3 cm³/mol. The molecule has 0 saturated carbocycles. The molecule has 0 aromatic heterocycles. The molecule has 2 atom stereocenters. The molecule has 5 nitrogen and oxygen atoms in total.